The van der Waals surface area contributed by atoms with Crippen molar-refractivity contribution in [1.82, 2.24) is 4.90 Å². The molecule has 24 heavy (non-hydrogen) atoms. The average molecular weight is 329 g/mol. The maximum absolute atomic E-state index is 12.7. The minimum atomic E-state index is 0.161. The third-order valence-electron chi connectivity index (χ3n) is 5.94. The van der Waals surface area contributed by atoms with E-state index in [4.69, 9.17) is 4.74 Å². The van der Waals surface area contributed by atoms with Crippen LogP contribution in [0.1, 0.15) is 68.2 Å². The van der Waals surface area contributed by atoms with Crippen molar-refractivity contribution < 1.29 is 9.53 Å². The van der Waals surface area contributed by atoms with Gasteiger partial charge < -0.3 is 9.64 Å². The van der Waals surface area contributed by atoms with E-state index in [-0.39, 0.29) is 24.7 Å². The van der Waals surface area contributed by atoms with E-state index in [1.807, 2.05) is 4.90 Å². The third kappa shape index (κ3) is 3.83. The maximum atomic E-state index is 12.7. The molecule has 1 amide bonds. The smallest absolute Gasteiger partial charge is 0.249 e. The van der Waals surface area contributed by atoms with Crippen LogP contribution in [-0.4, -0.2) is 30.1 Å². The monoisotopic (exact) mass is 329 g/mol. The van der Waals surface area contributed by atoms with Crippen LogP contribution in [0.4, 0.5) is 0 Å². The van der Waals surface area contributed by atoms with Gasteiger partial charge in [0.25, 0.3) is 0 Å². The second kappa shape index (κ2) is 7.69. The van der Waals surface area contributed by atoms with Crippen molar-refractivity contribution in [3.05, 3.63) is 34.9 Å². The van der Waals surface area contributed by atoms with E-state index in [1.54, 1.807) is 0 Å². The van der Waals surface area contributed by atoms with Gasteiger partial charge >= 0.3 is 0 Å². The van der Waals surface area contributed by atoms with E-state index < -0.39 is 0 Å². The third-order valence-corrected chi connectivity index (χ3v) is 5.94. The molecule has 1 heterocycles. The van der Waals surface area contributed by atoms with Crippen LogP contribution in [0.25, 0.3) is 0 Å². The SMILES string of the molecule is Cc1ccc([C@@H]2CCCN2C(=O)CO[C@@H]2CCCC[C@@H]2C)cc1C. The zero-order chi connectivity index (χ0) is 17.1. The summed E-state index contributed by atoms with van der Waals surface area (Å²) in [6, 6.07) is 6.83. The summed E-state index contributed by atoms with van der Waals surface area (Å²) in [4.78, 5) is 14.8. The van der Waals surface area contributed by atoms with E-state index in [0.717, 1.165) is 25.8 Å². The van der Waals surface area contributed by atoms with Gasteiger partial charge in [-0.2, -0.15) is 0 Å². The van der Waals surface area contributed by atoms with Gasteiger partial charge in [-0.1, -0.05) is 38.0 Å². The Morgan fingerprint density at radius 1 is 1.12 bits per heavy atom. The molecule has 3 rings (SSSR count). The summed E-state index contributed by atoms with van der Waals surface area (Å²) in [5, 5.41) is 0. The van der Waals surface area contributed by atoms with Crippen LogP contribution in [0.5, 0.6) is 0 Å². The Morgan fingerprint density at radius 3 is 2.67 bits per heavy atom. The Morgan fingerprint density at radius 2 is 1.92 bits per heavy atom. The Bertz CT molecular complexity index is 583. The lowest BCUT2D eigenvalue weighted by Gasteiger charge is -2.30. The number of hydrogen-bond acceptors (Lipinski definition) is 2. The van der Waals surface area contributed by atoms with Crippen molar-refractivity contribution >= 4 is 5.91 Å². The fraction of sp³-hybridized carbons (Fsp3) is 0.667. The topological polar surface area (TPSA) is 29.5 Å². The molecule has 2 aliphatic rings. The molecule has 1 aromatic carbocycles. The lowest BCUT2D eigenvalue weighted by atomic mass is 9.88. The summed E-state index contributed by atoms with van der Waals surface area (Å²) >= 11 is 0. The highest BCUT2D eigenvalue weighted by Gasteiger charge is 2.31. The minimum Gasteiger partial charge on any atom is -0.368 e. The molecule has 0 N–H and O–H groups in total. The second-order valence-corrected chi connectivity index (χ2v) is 7.70. The van der Waals surface area contributed by atoms with E-state index >= 15 is 0 Å². The van der Waals surface area contributed by atoms with Crippen molar-refractivity contribution in [3.8, 4) is 0 Å². The summed E-state index contributed by atoms with van der Waals surface area (Å²) < 4.78 is 6.01. The Labute approximate surface area is 146 Å². The van der Waals surface area contributed by atoms with Gasteiger partial charge in [0.2, 0.25) is 5.91 Å². The Hall–Kier alpha value is -1.35. The molecule has 0 aromatic heterocycles. The molecule has 0 radical (unpaired) electrons. The van der Waals surface area contributed by atoms with Gasteiger partial charge in [0.1, 0.15) is 6.61 Å². The van der Waals surface area contributed by atoms with Crippen molar-refractivity contribution in [2.45, 2.75) is 71.4 Å². The molecule has 3 atom stereocenters. The van der Waals surface area contributed by atoms with Gasteiger partial charge in [-0.25, -0.2) is 0 Å². The van der Waals surface area contributed by atoms with Crippen LogP contribution in [0.3, 0.4) is 0 Å². The predicted molar refractivity (Wildman–Crippen MR) is 97.0 cm³/mol. The number of amides is 1. The predicted octanol–water partition coefficient (Wildman–Crippen LogP) is 4.56. The zero-order valence-electron chi connectivity index (χ0n) is 15.4. The van der Waals surface area contributed by atoms with Gasteiger partial charge in [-0.15, -0.1) is 0 Å². The van der Waals surface area contributed by atoms with Gasteiger partial charge in [-0.3, -0.25) is 4.79 Å². The first-order valence-electron chi connectivity index (χ1n) is 9.54. The Balaban J connectivity index is 1.61. The molecular formula is C21H31NO2. The van der Waals surface area contributed by atoms with Crippen LogP contribution in [0, 0.1) is 19.8 Å². The number of ether oxygens (including phenoxy) is 1. The fourth-order valence-electron chi connectivity index (χ4n) is 4.17. The molecule has 1 aliphatic heterocycles. The first-order chi connectivity index (χ1) is 11.6. The van der Waals surface area contributed by atoms with E-state index in [2.05, 4.69) is 39.0 Å². The molecule has 3 heteroatoms. The average Bonchev–Trinajstić information content (AvgIpc) is 3.06. The number of rotatable bonds is 4. The first kappa shape index (κ1) is 17.5. The van der Waals surface area contributed by atoms with Crippen LogP contribution in [-0.2, 0) is 9.53 Å². The molecule has 132 valence electrons. The molecule has 0 unspecified atom stereocenters. The summed E-state index contributed by atoms with van der Waals surface area (Å²) in [7, 11) is 0. The number of nitrogens with zero attached hydrogens (tertiary/aromatic N) is 1. The van der Waals surface area contributed by atoms with Crippen LogP contribution in [0.2, 0.25) is 0 Å². The lowest BCUT2D eigenvalue weighted by molar-refractivity contribution is -0.141. The summed E-state index contributed by atoms with van der Waals surface area (Å²) in [5.41, 5.74) is 3.89. The molecule has 1 saturated heterocycles. The Kier molecular flexibility index (Phi) is 5.60. The highest BCUT2D eigenvalue weighted by molar-refractivity contribution is 5.78. The van der Waals surface area contributed by atoms with Crippen molar-refractivity contribution in [2.75, 3.05) is 13.2 Å². The number of likely N-dealkylation sites (tertiary alicyclic amines) is 1. The van der Waals surface area contributed by atoms with Crippen LogP contribution >= 0.6 is 0 Å². The standard InChI is InChI=1S/C21H31NO2/c1-15-10-11-18(13-17(15)3)19-8-6-12-22(19)21(23)14-24-20-9-5-4-7-16(20)2/h10-11,13,16,19-20H,4-9,12,14H2,1-3H3/t16-,19-,20+/m0/s1. The van der Waals surface area contributed by atoms with E-state index in [1.165, 1.54) is 36.0 Å². The number of carbonyl (C=O) groups is 1. The number of benzene rings is 1. The van der Waals surface area contributed by atoms with Gasteiger partial charge in [0.05, 0.1) is 12.1 Å². The highest BCUT2D eigenvalue weighted by Crippen LogP contribution is 2.33. The lowest BCUT2D eigenvalue weighted by Crippen LogP contribution is -2.36. The maximum Gasteiger partial charge on any atom is 0.249 e. The van der Waals surface area contributed by atoms with E-state index in [0.29, 0.717) is 5.92 Å². The second-order valence-electron chi connectivity index (χ2n) is 7.70. The molecule has 2 fully saturated rings. The summed E-state index contributed by atoms with van der Waals surface area (Å²) in [5.74, 6) is 0.745. The number of aryl methyl sites for hydroxylation is 2. The van der Waals surface area contributed by atoms with Crippen molar-refractivity contribution in [3.63, 3.8) is 0 Å². The largest absolute Gasteiger partial charge is 0.368 e. The molecule has 1 saturated carbocycles. The number of hydrogen-bond donors (Lipinski definition) is 0. The molecule has 0 spiro atoms. The normalized spacial score (nSPS) is 27.5. The van der Waals surface area contributed by atoms with E-state index in [9.17, 15) is 4.79 Å². The number of carbonyl (C=O) groups excluding carboxylic acids is 1. The van der Waals surface area contributed by atoms with Crippen LogP contribution < -0.4 is 0 Å². The molecule has 1 aliphatic carbocycles. The van der Waals surface area contributed by atoms with Gasteiger partial charge in [0.15, 0.2) is 0 Å². The molecule has 1 aromatic rings. The molecule has 0 bridgehead atoms. The van der Waals surface area contributed by atoms with Crippen molar-refractivity contribution in [2.24, 2.45) is 5.92 Å². The van der Waals surface area contributed by atoms with Gasteiger partial charge in [0, 0.05) is 6.54 Å². The van der Waals surface area contributed by atoms with Crippen molar-refractivity contribution in [1.29, 1.82) is 0 Å². The molecule has 3 nitrogen and oxygen atoms in total. The fourth-order valence-corrected chi connectivity index (χ4v) is 4.17. The first-order valence-corrected chi connectivity index (χ1v) is 9.54. The summed E-state index contributed by atoms with van der Waals surface area (Å²) in [6.45, 7) is 7.64. The quantitative estimate of drug-likeness (QED) is 0.810. The highest BCUT2D eigenvalue weighted by atomic mass is 16.5. The zero-order valence-corrected chi connectivity index (χ0v) is 15.4. The van der Waals surface area contributed by atoms with Crippen LogP contribution in [0.15, 0.2) is 18.2 Å². The minimum absolute atomic E-state index is 0.161. The summed E-state index contributed by atoms with van der Waals surface area (Å²) in [6.07, 6.45) is 7.29. The molecular weight excluding hydrogens is 298 g/mol. The van der Waals surface area contributed by atoms with Gasteiger partial charge in [-0.05, 0) is 62.1 Å².